The second-order valence-electron chi connectivity index (χ2n) is 4.96. The minimum Gasteiger partial charge on any atom is -0.335 e. The molecular weight excluding hydrogens is 355 g/mol. The van der Waals surface area contributed by atoms with Gasteiger partial charge in [0, 0.05) is 41.6 Å². The highest BCUT2D eigenvalue weighted by atomic mass is 35.5. The fraction of sp³-hybridized carbons (Fsp3) is 0.133. The fourth-order valence-corrected chi connectivity index (χ4v) is 3.50. The molecule has 3 aromatic rings. The highest BCUT2D eigenvalue weighted by molar-refractivity contribution is 7.17. The number of rotatable bonds is 4. The number of carbonyl (C=O) groups is 1. The van der Waals surface area contributed by atoms with Crippen LogP contribution < -0.4 is 0 Å². The van der Waals surface area contributed by atoms with Crippen molar-refractivity contribution in [2.24, 2.45) is 0 Å². The third-order valence-corrected chi connectivity index (χ3v) is 4.63. The van der Waals surface area contributed by atoms with Crippen LogP contribution in [0.1, 0.15) is 15.4 Å². The quantitative estimate of drug-likeness (QED) is 0.755. The lowest BCUT2D eigenvalue weighted by Crippen LogP contribution is -2.25. The molecule has 23 heavy (non-hydrogen) atoms. The Morgan fingerprint density at radius 3 is 2.65 bits per heavy atom. The maximum Gasteiger partial charge on any atom is 0.282 e. The highest BCUT2D eigenvalue weighted by Gasteiger charge is 2.17. The van der Waals surface area contributed by atoms with Gasteiger partial charge < -0.3 is 4.90 Å². The number of hydrogen-bond donors (Lipinski definition) is 1. The van der Waals surface area contributed by atoms with E-state index >= 15 is 0 Å². The Kier molecular flexibility index (Phi) is 4.66. The number of aromatic amines is 1. The average Bonchev–Trinajstić information content (AvgIpc) is 3.16. The first-order chi connectivity index (χ1) is 11.0. The summed E-state index contributed by atoms with van der Waals surface area (Å²) >= 11 is 13.3. The minimum absolute atomic E-state index is 0.143. The summed E-state index contributed by atoms with van der Waals surface area (Å²) in [7, 11) is 1.73. The maximum atomic E-state index is 12.4. The predicted molar refractivity (Wildman–Crippen MR) is 92.0 cm³/mol. The molecule has 0 saturated heterocycles. The van der Waals surface area contributed by atoms with E-state index in [0.717, 1.165) is 16.0 Å². The van der Waals surface area contributed by atoms with E-state index < -0.39 is 0 Å². The summed E-state index contributed by atoms with van der Waals surface area (Å²) in [6, 6.07) is 5.26. The molecule has 1 aromatic carbocycles. The molecule has 3 rings (SSSR count). The van der Waals surface area contributed by atoms with E-state index in [1.807, 2.05) is 0 Å². The highest BCUT2D eigenvalue weighted by Crippen LogP contribution is 2.31. The summed E-state index contributed by atoms with van der Waals surface area (Å²) in [6.45, 7) is 0.466. The van der Waals surface area contributed by atoms with Crippen LogP contribution in [0.5, 0.6) is 0 Å². The van der Waals surface area contributed by atoms with Gasteiger partial charge in [0.15, 0.2) is 5.01 Å². The molecule has 2 aromatic heterocycles. The van der Waals surface area contributed by atoms with Crippen molar-refractivity contribution in [3.05, 3.63) is 57.4 Å². The Morgan fingerprint density at radius 1 is 1.26 bits per heavy atom. The Balaban J connectivity index is 1.79. The molecule has 0 spiro atoms. The van der Waals surface area contributed by atoms with Crippen molar-refractivity contribution in [3.63, 3.8) is 0 Å². The van der Waals surface area contributed by atoms with E-state index in [1.54, 1.807) is 48.7 Å². The van der Waals surface area contributed by atoms with Gasteiger partial charge in [-0.25, -0.2) is 4.98 Å². The average molecular weight is 367 g/mol. The lowest BCUT2D eigenvalue weighted by Gasteiger charge is -2.14. The number of hydrogen-bond acceptors (Lipinski definition) is 4. The number of halogens is 2. The van der Waals surface area contributed by atoms with Crippen molar-refractivity contribution < 1.29 is 4.79 Å². The number of nitrogens with one attached hydrogen (secondary N) is 1. The summed E-state index contributed by atoms with van der Waals surface area (Å²) in [5.41, 5.74) is 1.77. The first-order valence-corrected chi connectivity index (χ1v) is 8.25. The molecule has 5 nitrogen and oxygen atoms in total. The number of aromatic nitrogens is 3. The molecule has 0 saturated carbocycles. The van der Waals surface area contributed by atoms with Crippen LogP contribution in [0.3, 0.4) is 0 Å². The molecule has 1 N–H and O–H groups in total. The predicted octanol–water partition coefficient (Wildman–Crippen LogP) is 4.11. The molecule has 2 heterocycles. The zero-order chi connectivity index (χ0) is 16.4. The van der Waals surface area contributed by atoms with Gasteiger partial charge in [-0.15, -0.1) is 11.3 Å². The third-order valence-electron chi connectivity index (χ3n) is 3.16. The van der Waals surface area contributed by atoms with Crippen LogP contribution in [0.15, 0.2) is 36.8 Å². The topological polar surface area (TPSA) is 61.9 Å². The zero-order valence-corrected chi connectivity index (χ0v) is 14.4. The Bertz CT molecular complexity index is 812. The van der Waals surface area contributed by atoms with E-state index in [0.29, 0.717) is 21.6 Å². The molecule has 0 unspecified atom stereocenters. The molecule has 0 atom stereocenters. The van der Waals surface area contributed by atoms with Crippen LogP contribution in [-0.2, 0) is 6.54 Å². The summed E-state index contributed by atoms with van der Waals surface area (Å²) in [5, 5.41) is 8.10. The minimum atomic E-state index is -0.143. The zero-order valence-electron chi connectivity index (χ0n) is 12.1. The van der Waals surface area contributed by atoms with Crippen molar-refractivity contribution in [2.45, 2.75) is 6.54 Å². The van der Waals surface area contributed by atoms with E-state index in [-0.39, 0.29) is 5.91 Å². The van der Waals surface area contributed by atoms with E-state index in [9.17, 15) is 4.79 Å². The lowest BCUT2D eigenvalue weighted by molar-refractivity contribution is 0.0784. The summed E-state index contributed by atoms with van der Waals surface area (Å²) in [4.78, 5) is 19.1. The SMILES string of the molecule is CN(Cc1cn[nH]c1)C(=O)c1ncc(-c2cc(Cl)cc(Cl)c2)s1. The molecule has 0 aliphatic heterocycles. The van der Waals surface area contributed by atoms with Crippen molar-refractivity contribution in [3.8, 4) is 10.4 Å². The number of H-pyrrole nitrogens is 1. The molecule has 8 heteroatoms. The van der Waals surface area contributed by atoms with Gasteiger partial charge >= 0.3 is 0 Å². The van der Waals surface area contributed by atoms with Crippen molar-refractivity contribution in [1.29, 1.82) is 0 Å². The van der Waals surface area contributed by atoms with E-state index in [2.05, 4.69) is 15.2 Å². The van der Waals surface area contributed by atoms with Gasteiger partial charge in [-0.1, -0.05) is 23.2 Å². The van der Waals surface area contributed by atoms with Gasteiger partial charge in [0.1, 0.15) is 0 Å². The van der Waals surface area contributed by atoms with Crippen LogP contribution in [0.4, 0.5) is 0 Å². The number of carbonyl (C=O) groups excluding carboxylic acids is 1. The van der Waals surface area contributed by atoms with Gasteiger partial charge in [-0.05, 0) is 23.8 Å². The van der Waals surface area contributed by atoms with Crippen molar-refractivity contribution in [1.82, 2.24) is 20.1 Å². The summed E-state index contributed by atoms with van der Waals surface area (Å²) in [5.74, 6) is -0.143. The number of thiazole rings is 1. The van der Waals surface area contributed by atoms with E-state index in [1.165, 1.54) is 11.3 Å². The van der Waals surface area contributed by atoms with Gasteiger partial charge in [-0.2, -0.15) is 5.10 Å². The van der Waals surface area contributed by atoms with Crippen molar-refractivity contribution >= 4 is 40.4 Å². The largest absolute Gasteiger partial charge is 0.335 e. The van der Waals surface area contributed by atoms with Crippen LogP contribution in [0, 0.1) is 0 Å². The van der Waals surface area contributed by atoms with Crippen LogP contribution in [0.2, 0.25) is 10.0 Å². The third kappa shape index (κ3) is 3.72. The Labute approximate surface area is 146 Å². The number of benzene rings is 1. The molecule has 118 valence electrons. The normalized spacial score (nSPS) is 10.7. The van der Waals surface area contributed by atoms with Crippen LogP contribution in [0.25, 0.3) is 10.4 Å². The smallest absolute Gasteiger partial charge is 0.282 e. The molecule has 0 fully saturated rings. The first-order valence-electron chi connectivity index (χ1n) is 6.68. The van der Waals surface area contributed by atoms with Crippen LogP contribution in [-0.4, -0.2) is 33.0 Å². The molecular formula is C15H12Cl2N4OS. The van der Waals surface area contributed by atoms with E-state index in [4.69, 9.17) is 23.2 Å². The van der Waals surface area contributed by atoms with Gasteiger partial charge in [0.05, 0.1) is 11.1 Å². The lowest BCUT2D eigenvalue weighted by atomic mass is 10.2. The number of amides is 1. The fourth-order valence-electron chi connectivity index (χ4n) is 2.08. The van der Waals surface area contributed by atoms with Crippen molar-refractivity contribution in [2.75, 3.05) is 7.05 Å². The molecule has 0 radical (unpaired) electrons. The Morgan fingerprint density at radius 2 is 2.00 bits per heavy atom. The standard InChI is InChI=1S/C15H12Cl2N4OS/c1-21(8-9-5-19-20-6-9)15(22)14-18-7-13(23-14)10-2-11(16)4-12(17)3-10/h2-7H,8H2,1H3,(H,19,20). The maximum absolute atomic E-state index is 12.4. The Hall–Kier alpha value is -1.89. The summed E-state index contributed by atoms with van der Waals surface area (Å²) < 4.78 is 0. The van der Waals surface area contributed by atoms with Crippen LogP contribution >= 0.6 is 34.5 Å². The second-order valence-corrected chi connectivity index (χ2v) is 6.86. The van der Waals surface area contributed by atoms with Gasteiger partial charge in [-0.3, -0.25) is 9.89 Å². The summed E-state index contributed by atoms with van der Waals surface area (Å²) in [6.07, 6.45) is 5.10. The first kappa shape index (κ1) is 16.0. The monoisotopic (exact) mass is 366 g/mol. The molecule has 1 amide bonds. The molecule has 0 bridgehead atoms. The second kappa shape index (κ2) is 6.70. The molecule has 0 aliphatic rings. The number of nitrogens with zero attached hydrogens (tertiary/aromatic N) is 3. The molecule has 0 aliphatic carbocycles. The van der Waals surface area contributed by atoms with Gasteiger partial charge in [0.2, 0.25) is 0 Å². The van der Waals surface area contributed by atoms with Gasteiger partial charge in [0.25, 0.3) is 5.91 Å².